The Kier molecular flexibility index (Phi) is 11.4. The minimum Gasteiger partial charge on any atom is -0.453 e. The maximum Gasteiger partial charge on any atom is 0.407 e. The third kappa shape index (κ3) is 8.03. The summed E-state index contributed by atoms with van der Waals surface area (Å²) in [7, 11) is 1.29. The number of methoxy groups -OCH3 is 1. The maximum atomic E-state index is 13.8. The quantitative estimate of drug-likeness (QED) is 0.133. The van der Waals surface area contributed by atoms with Crippen molar-refractivity contribution in [3.63, 3.8) is 0 Å². The Bertz CT molecular complexity index is 1950. The topological polar surface area (TPSA) is 167 Å². The van der Waals surface area contributed by atoms with Crippen LogP contribution in [0.4, 0.5) is 4.79 Å². The standard InChI is InChI=1S/C41H52N8O6/c1-23(2)34(46-40(52)53-6)38(50)48-19-7-8-32(48)36-42-20-30(44-36)28-14-10-26(11-15-28)27-12-16-29(17-13-27)31-21-43-37(45-31)33-18-9-25(5)49(33)39(51)35(24(3)4)47-41-54-22-55-41/h10-17,20-21,23-25,32-35,41,47H,7-9,18-19,22H2,1-6H3,(H,42,44)(H,43,45)(H,46,52)/t25-,32-,33-,34-,35-/m0/s1. The van der Waals surface area contributed by atoms with Gasteiger partial charge >= 0.3 is 6.09 Å². The van der Waals surface area contributed by atoms with Gasteiger partial charge in [0.15, 0.2) is 6.79 Å². The normalized spacial score (nSPS) is 21.2. The van der Waals surface area contributed by atoms with Gasteiger partial charge in [-0.05, 0) is 66.7 Å². The molecule has 2 aromatic carbocycles. The second kappa shape index (κ2) is 16.4. The molecule has 2 aromatic heterocycles. The lowest BCUT2D eigenvalue weighted by atomic mass is 10.0. The predicted molar refractivity (Wildman–Crippen MR) is 206 cm³/mol. The van der Waals surface area contributed by atoms with Crippen LogP contribution in [-0.2, 0) is 23.8 Å². The third-order valence-electron chi connectivity index (χ3n) is 11.1. The molecule has 14 nitrogen and oxygen atoms in total. The van der Waals surface area contributed by atoms with Crippen LogP contribution in [0.2, 0.25) is 0 Å². The summed E-state index contributed by atoms with van der Waals surface area (Å²) >= 11 is 0. The first kappa shape index (κ1) is 38.2. The molecule has 0 aliphatic carbocycles. The number of aromatic nitrogens is 4. The number of rotatable bonds is 12. The number of aromatic amines is 2. The average molecular weight is 753 g/mol. The van der Waals surface area contributed by atoms with Crippen molar-refractivity contribution in [1.29, 1.82) is 0 Å². The fourth-order valence-electron chi connectivity index (χ4n) is 7.89. The lowest BCUT2D eigenvalue weighted by molar-refractivity contribution is -0.335. The molecule has 3 fully saturated rings. The van der Waals surface area contributed by atoms with Crippen molar-refractivity contribution in [2.45, 2.75) is 96.9 Å². The predicted octanol–water partition coefficient (Wildman–Crippen LogP) is 6.13. The molecule has 3 saturated heterocycles. The molecule has 3 amide bonds. The first-order chi connectivity index (χ1) is 26.5. The molecule has 7 rings (SSSR count). The van der Waals surface area contributed by atoms with Gasteiger partial charge in [-0.1, -0.05) is 76.2 Å². The molecule has 0 bridgehead atoms. The van der Waals surface area contributed by atoms with Crippen molar-refractivity contribution in [2.24, 2.45) is 11.8 Å². The van der Waals surface area contributed by atoms with Gasteiger partial charge in [0.2, 0.25) is 18.2 Å². The van der Waals surface area contributed by atoms with Gasteiger partial charge in [-0.25, -0.2) is 14.8 Å². The molecule has 0 spiro atoms. The van der Waals surface area contributed by atoms with E-state index in [9.17, 15) is 14.4 Å². The summed E-state index contributed by atoms with van der Waals surface area (Å²) in [6.45, 7) is 10.8. The van der Waals surface area contributed by atoms with Crippen LogP contribution in [0.3, 0.4) is 0 Å². The highest BCUT2D eigenvalue weighted by Crippen LogP contribution is 2.37. The van der Waals surface area contributed by atoms with Crippen molar-refractivity contribution in [2.75, 3.05) is 20.4 Å². The number of ether oxygens (including phenoxy) is 3. The van der Waals surface area contributed by atoms with Crippen molar-refractivity contribution < 1.29 is 28.6 Å². The fraction of sp³-hybridized carbons (Fsp3) is 0.488. The van der Waals surface area contributed by atoms with Gasteiger partial charge in [-0.3, -0.25) is 14.9 Å². The van der Waals surface area contributed by atoms with Gasteiger partial charge in [0.05, 0.1) is 49.0 Å². The van der Waals surface area contributed by atoms with Gasteiger partial charge in [-0.2, -0.15) is 0 Å². The molecule has 55 heavy (non-hydrogen) atoms. The Morgan fingerprint density at radius 1 is 0.764 bits per heavy atom. The molecule has 0 radical (unpaired) electrons. The zero-order valence-electron chi connectivity index (χ0n) is 32.4. The molecule has 4 N–H and O–H groups in total. The minimum atomic E-state index is -0.681. The smallest absolute Gasteiger partial charge is 0.407 e. The molecule has 14 heteroatoms. The number of benzene rings is 2. The van der Waals surface area contributed by atoms with E-state index in [0.29, 0.717) is 6.54 Å². The van der Waals surface area contributed by atoms with E-state index < -0.39 is 24.6 Å². The Labute approximate surface area is 321 Å². The highest BCUT2D eigenvalue weighted by molar-refractivity contribution is 5.86. The molecular weight excluding hydrogens is 701 g/mol. The molecule has 5 heterocycles. The second-order valence-electron chi connectivity index (χ2n) is 15.4. The number of amides is 3. The molecule has 0 saturated carbocycles. The lowest BCUT2D eigenvalue weighted by Crippen LogP contribution is -2.57. The van der Waals surface area contributed by atoms with Crippen LogP contribution >= 0.6 is 0 Å². The minimum absolute atomic E-state index is 0.0315. The van der Waals surface area contributed by atoms with Crippen molar-refractivity contribution >= 4 is 17.9 Å². The number of carbonyl (C=O) groups excluding carboxylic acids is 3. The van der Waals surface area contributed by atoms with Crippen molar-refractivity contribution in [3.8, 4) is 33.6 Å². The Morgan fingerprint density at radius 3 is 1.82 bits per heavy atom. The van der Waals surface area contributed by atoms with Gasteiger partial charge in [0.25, 0.3) is 0 Å². The molecule has 292 valence electrons. The molecule has 3 aliphatic rings. The van der Waals surface area contributed by atoms with E-state index >= 15 is 0 Å². The Hall–Kier alpha value is -5.05. The van der Waals surface area contributed by atoms with Crippen LogP contribution < -0.4 is 10.6 Å². The first-order valence-electron chi connectivity index (χ1n) is 19.3. The third-order valence-corrected chi connectivity index (χ3v) is 11.1. The highest BCUT2D eigenvalue weighted by Gasteiger charge is 2.42. The number of carbonyl (C=O) groups is 3. The number of imidazole rings is 2. The zero-order valence-corrected chi connectivity index (χ0v) is 32.4. The van der Waals surface area contributed by atoms with Gasteiger partial charge < -0.3 is 39.3 Å². The number of nitrogens with one attached hydrogen (secondary N) is 4. The summed E-state index contributed by atoms with van der Waals surface area (Å²) in [6.07, 6.45) is 5.87. The molecule has 0 unspecified atom stereocenters. The number of hydrogen-bond donors (Lipinski definition) is 4. The van der Waals surface area contributed by atoms with Crippen molar-refractivity contribution in [1.82, 2.24) is 40.4 Å². The number of H-pyrrole nitrogens is 2. The van der Waals surface area contributed by atoms with Crippen LogP contribution in [-0.4, -0.2) is 92.6 Å². The van der Waals surface area contributed by atoms with Crippen LogP contribution in [0, 0.1) is 11.8 Å². The zero-order chi connectivity index (χ0) is 38.8. The average Bonchev–Trinajstić information content (AvgIpc) is 3.99. The number of likely N-dealkylation sites (tertiary alicyclic amines) is 2. The van der Waals surface area contributed by atoms with E-state index in [4.69, 9.17) is 19.2 Å². The van der Waals surface area contributed by atoms with E-state index in [-0.39, 0.29) is 48.6 Å². The summed E-state index contributed by atoms with van der Waals surface area (Å²) in [5.41, 5.74) is 5.92. The van der Waals surface area contributed by atoms with E-state index in [2.05, 4.69) is 81.0 Å². The summed E-state index contributed by atoms with van der Waals surface area (Å²) in [5, 5.41) is 5.92. The van der Waals surface area contributed by atoms with Gasteiger partial charge in [0.1, 0.15) is 17.7 Å². The molecule has 3 aliphatic heterocycles. The number of hydrogen-bond acceptors (Lipinski definition) is 9. The fourth-order valence-corrected chi connectivity index (χ4v) is 7.89. The van der Waals surface area contributed by atoms with E-state index in [1.165, 1.54) is 7.11 Å². The van der Waals surface area contributed by atoms with Crippen LogP contribution in [0.1, 0.15) is 84.0 Å². The lowest BCUT2D eigenvalue weighted by Gasteiger charge is -2.37. The molecular formula is C41H52N8O6. The van der Waals surface area contributed by atoms with E-state index in [1.54, 1.807) is 0 Å². The molecule has 4 aromatic rings. The largest absolute Gasteiger partial charge is 0.453 e. The summed E-state index contributed by atoms with van der Waals surface area (Å²) in [6, 6.07) is 15.3. The number of alkyl carbamates (subject to hydrolysis) is 1. The number of nitrogens with zero attached hydrogens (tertiary/aromatic N) is 4. The van der Waals surface area contributed by atoms with Crippen molar-refractivity contribution in [3.05, 3.63) is 72.6 Å². The molecule has 5 atom stereocenters. The Balaban J connectivity index is 1.00. The highest BCUT2D eigenvalue weighted by atomic mass is 16.9. The van der Waals surface area contributed by atoms with E-state index in [0.717, 1.165) is 71.0 Å². The summed E-state index contributed by atoms with van der Waals surface area (Å²) < 4.78 is 15.5. The van der Waals surface area contributed by atoms with E-state index in [1.807, 2.05) is 49.9 Å². The van der Waals surface area contributed by atoms with Crippen LogP contribution in [0.15, 0.2) is 60.9 Å². The first-order valence-corrected chi connectivity index (χ1v) is 19.3. The van der Waals surface area contributed by atoms with Crippen LogP contribution in [0.5, 0.6) is 0 Å². The van der Waals surface area contributed by atoms with Crippen LogP contribution in [0.25, 0.3) is 33.6 Å². The monoisotopic (exact) mass is 752 g/mol. The summed E-state index contributed by atoms with van der Waals surface area (Å²) in [5.74, 6) is 1.38. The Morgan fingerprint density at radius 2 is 1.31 bits per heavy atom. The summed E-state index contributed by atoms with van der Waals surface area (Å²) in [4.78, 5) is 59.5. The SMILES string of the molecule is COC(=O)N[C@H](C(=O)N1CCC[C@H]1c1ncc(-c2ccc(-c3ccc(-c4cnc([C@@H]5CC[C@H](C)N5C(=O)[C@@H](NC5OCO5)C(C)C)[nH]4)cc3)cc2)[nH]1)C(C)C. The second-order valence-corrected chi connectivity index (χ2v) is 15.4. The maximum absolute atomic E-state index is 13.8. The van der Waals surface area contributed by atoms with Gasteiger partial charge in [-0.15, -0.1) is 0 Å². The van der Waals surface area contributed by atoms with Gasteiger partial charge in [0, 0.05) is 12.6 Å².